The third-order valence-corrected chi connectivity index (χ3v) is 4.81. The van der Waals surface area contributed by atoms with E-state index in [1.54, 1.807) is 27.7 Å². The molecule has 0 amide bonds. The van der Waals surface area contributed by atoms with Crippen LogP contribution in [-0.2, 0) is 25.5 Å². The highest BCUT2D eigenvalue weighted by atomic mass is 16.6. The fourth-order valence-electron chi connectivity index (χ4n) is 3.11. The first-order valence-electron chi connectivity index (χ1n) is 10.8. The largest absolute Gasteiger partial charge is 0.493 e. The molecule has 0 spiro atoms. The van der Waals surface area contributed by atoms with Crippen LogP contribution in [0.25, 0.3) is 0 Å². The maximum atomic E-state index is 12.6. The number of hydrogen-bond donors (Lipinski definition) is 0. The predicted octanol–water partition coefficient (Wildman–Crippen LogP) is 5.22. The van der Waals surface area contributed by atoms with Crippen molar-refractivity contribution in [3.8, 4) is 5.75 Å². The van der Waals surface area contributed by atoms with Crippen LogP contribution in [0.5, 0.6) is 5.75 Å². The molecule has 2 aromatic carbocycles. The van der Waals surface area contributed by atoms with E-state index in [1.807, 2.05) is 55.5 Å². The summed E-state index contributed by atoms with van der Waals surface area (Å²) in [4.78, 5) is 24.7. The number of ether oxygens (including phenoxy) is 3. The van der Waals surface area contributed by atoms with Gasteiger partial charge in [0, 0.05) is 5.92 Å². The maximum Gasteiger partial charge on any atom is 0.309 e. The summed E-state index contributed by atoms with van der Waals surface area (Å²) in [7, 11) is 0. The molecule has 0 saturated carbocycles. The Bertz CT molecular complexity index is 811. The van der Waals surface area contributed by atoms with Gasteiger partial charge in [-0.1, -0.05) is 55.5 Å². The number of esters is 2. The second-order valence-electron chi connectivity index (χ2n) is 8.91. The Morgan fingerprint density at radius 3 is 2.06 bits per heavy atom. The fourth-order valence-corrected chi connectivity index (χ4v) is 3.11. The smallest absolute Gasteiger partial charge is 0.309 e. The van der Waals surface area contributed by atoms with E-state index in [2.05, 4.69) is 12.1 Å². The molecule has 0 saturated heterocycles. The van der Waals surface area contributed by atoms with Crippen LogP contribution in [0.3, 0.4) is 0 Å². The van der Waals surface area contributed by atoms with Crippen molar-refractivity contribution in [3.05, 3.63) is 66.2 Å². The van der Waals surface area contributed by atoms with Crippen molar-refractivity contribution in [3.63, 3.8) is 0 Å². The molecule has 0 bridgehead atoms. The Hall–Kier alpha value is -2.82. The molecule has 168 valence electrons. The number of para-hydroxylation sites is 1. The van der Waals surface area contributed by atoms with Crippen LogP contribution in [0, 0.1) is 11.8 Å². The van der Waals surface area contributed by atoms with E-state index in [1.165, 1.54) is 0 Å². The average Bonchev–Trinajstić information content (AvgIpc) is 2.71. The first kappa shape index (κ1) is 24.4. The lowest BCUT2D eigenvalue weighted by Crippen LogP contribution is -2.33. The summed E-state index contributed by atoms with van der Waals surface area (Å²) in [6, 6.07) is 19.6. The Balaban J connectivity index is 1.99. The summed E-state index contributed by atoms with van der Waals surface area (Å²) >= 11 is 0. The molecular weight excluding hydrogens is 392 g/mol. The average molecular weight is 427 g/mol. The predicted molar refractivity (Wildman–Crippen MR) is 121 cm³/mol. The molecule has 3 atom stereocenters. The van der Waals surface area contributed by atoms with E-state index in [4.69, 9.17) is 14.2 Å². The zero-order valence-corrected chi connectivity index (χ0v) is 19.2. The number of carbonyl (C=O) groups is 2. The molecule has 0 N–H and O–H groups in total. The van der Waals surface area contributed by atoms with Gasteiger partial charge in [-0.05, 0) is 51.8 Å². The van der Waals surface area contributed by atoms with E-state index in [9.17, 15) is 9.59 Å². The monoisotopic (exact) mass is 426 g/mol. The Kier molecular flexibility index (Phi) is 9.10. The lowest BCUT2D eigenvalue weighted by Gasteiger charge is -2.26. The van der Waals surface area contributed by atoms with Crippen LogP contribution in [0.2, 0.25) is 0 Å². The van der Waals surface area contributed by atoms with Crippen molar-refractivity contribution in [1.82, 2.24) is 0 Å². The Morgan fingerprint density at radius 1 is 0.903 bits per heavy atom. The molecule has 0 heterocycles. The van der Waals surface area contributed by atoms with Gasteiger partial charge in [0.1, 0.15) is 17.5 Å². The van der Waals surface area contributed by atoms with Gasteiger partial charge in [0.15, 0.2) is 0 Å². The third-order valence-electron chi connectivity index (χ3n) is 4.81. The Morgan fingerprint density at radius 2 is 1.48 bits per heavy atom. The van der Waals surface area contributed by atoms with Crippen molar-refractivity contribution in [1.29, 1.82) is 0 Å². The van der Waals surface area contributed by atoms with Gasteiger partial charge < -0.3 is 14.2 Å². The van der Waals surface area contributed by atoms with Crippen LogP contribution < -0.4 is 4.74 Å². The second kappa shape index (κ2) is 11.5. The van der Waals surface area contributed by atoms with Crippen LogP contribution in [0.4, 0.5) is 0 Å². The minimum Gasteiger partial charge on any atom is -0.493 e. The molecule has 31 heavy (non-hydrogen) atoms. The zero-order chi connectivity index (χ0) is 22.9. The lowest BCUT2D eigenvalue weighted by atomic mass is 9.95. The molecule has 0 aliphatic heterocycles. The topological polar surface area (TPSA) is 61.8 Å². The van der Waals surface area contributed by atoms with Gasteiger partial charge in [0.25, 0.3) is 0 Å². The van der Waals surface area contributed by atoms with E-state index >= 15 is 0 Å². The molecular formula is C26H34O5. The van der Waals surface area contributed by atoms with Crippen molar-refractivity contribution in [2.24, 2.45) is 11.8 Å². The highest BCUT2D eigenvalue weighted by molar-refractivity contribution is 5.79. The van der Waals surface area contributed by atoms with Gasteiger partial charge in [-0.15, -0.1) is 0 Å². The molecule has 2 rings (SSSR count). The van der Waals surface area contributed by atoms with Crippen LogP contribution in [0.15, 0.2) is 60.7 Å². The molecule has 5 heteroatoms. The highest BCUT2D eigenvalue weighted by Gasteiger charge is 2.27. The van der Waals surface area contributed by atoms with E-state index in [0.717, 1.165) is 11.3 Å². The van der Waals surface area contributed by atoms with E-state index in [0.29, 0.717) is 13.0 Å². The van der Waals surface area contributed by atoms with Crippen molar-refractivity contribution in [2.75, 3.05) is 6.61 Å². The van der Waals surface area contributed by atoms with Gasteiger partial charge >= 0.3 is 11.9 Å². The first-order valence-corrected chi connectivity index (χ1v) is 10.8. The zero-order valence-electron chi connectivity index (χ0n) is 19.2. The molecule has 0 fully saturated rings. The number of benzene rings is 2. The standard InChI is InChI=1S/C26H34O5/c1-19(16-24(27)31-26(3,4)5)25(28)30-20(2)22(17-21-12-8-6-9-13-21)18-29-23-14-10-7-11-15-23/h6-15,19-20,22H,16-18H2,1-5H3/t19-,20+,22-/m1/s1. The summed E-state index contributed by atoms with van der Waals surface area (Å²) in [5.41, 5.74) is 0.567. The summed E-state index contributed by atoms with van der Waals surface area (Å²) in [6.45, 7) is 9.38. The second-order valence-corrected chi connectivity index (χ2v) is 8.91. The van der Waals surface area contributed by atoms with Crippen molar-refractivity contribution < 1.29 is 23.8 Å². The molecule has 0 aliphatic rings. The van der Waals surface area contributed by atoms with Crippen LogP contribution in [0.1, 0.15) is 46.6 Å². The fraction of sp³-hybridized carbons (Fsp3) is 0.462. The minimum atomic E-state index is -0.580. The SMILES string of the molecule is C[C@H](CC(=O)OC(C)(C)C)C(=O)O[C@@H](C)[C@@H](COc1ccccc1)Cc1ccccc1. The Labute approximate surface area is 185 Å². The van der Waals surface area contributed by atoms with Crippen molar-refractivity contribution >= 4 is 11.9 Å². The number of hydrogen-bond acceptors (Lipinski definition) is 5. The normalized spacial score (nSPS) is 14.2. The van der Waals surface area contributed by atoms with Gasteiger partial charge in [-0.2, -0.15) is 0 Å². The van der Waals surface area contributed by atoms with Gasteiger partial charge in [-0.25, -0.2) is 0 Å². The van der Waals surface area contributed by atoms with Gasteiger partial charge in [-0.3, -0.25) is 9.59 Å². The summed E-state index contributed by atoms with van der Waals surface area (Å²) in [6.07, 6.45) is 0.326. The van der Waals surface area contributed by atoms with Gasteiger partial charge in [0.2, 0.25) is 0 Å². The summed E-state index contributed by atoms with van der Waals surface area (Å²) in [5.74, 6) is -0.656. The minimum absolute atomic E-state index is 0.00725. The van der Waals surface area contributed by atoms with E-state index < -0.39 is 23.5 Å². The number of rotatable bonds is 10. The third kappa shape index (κ3) is 9.24. The lowest BCUT2D eigenvalue weighted by molar-refractivity contribution is -0.164. The first-order chi connectivity index (χ1) is 14.6. The van der Waals surface area contributed by atoms with Crippen LogP contribution >= 0.6 is 0 Å². The number of carbonyl (C=O) groups excluding carboxylic acids is 2. The molecule has 2 aromatic rings. The maximum absolute atomic E-state index is 12.6. The molecule has 0 unspecified atom stereocenters. The summed E-state index contributed by atoms with van der Waals surface area (Å²) < 4.78 is 17.0. The summed E-state index contributed by atoms with van der Waals surface area (Å²) in [5, 5.41) is 0. The van der Waals surface area contributed by atoms with E-state index in [-0.39, 0.29) is 18.4 Å². The highest BCUT2D eigenvalue weighted by Crippen LogP contribution is 2.20. The van der Waals surface area contributed by atoms with Crippen LogP contribution in [-0.4, -0.2) is 30.3 Å². The van der Waals surface area contributed by atoms with Crippen molar-refractivity contribution in [2.45, 2.75) is 59.2 Å². The molecule has 0 aromatic heterocycles. The quantitative estimate of drug-likeness (QED) is 0.487. The molecule has 0 radical (unpaired) electrons. The molecule has 5 nitrogen and oxygen atoms in total. The van der Waals surface area contributed by atoms with Gasteiger partial charge in [0.05, 0.1) is 18.9 Å². The molecule has 0 aliphatic carbocycles.